The number of nitrogen functional groups attached to an aromatic ring is 1. The van der Waals surface area contributed by atoms with Crippen LogP contribution in [-0.2, 0) is 4.79 Å². The summed E-state index contributed by atoms with van der Waals surface area (Å²) in [4.78, 5) is 28.5. The van der Waals surface area contributed by atoms with Gasteiger partial charge in [0.25, 0.3) is 5.91 Å². The molecule has 0 saturated heterocycles. The minimum Gasteiger partial charge on any atom is -0.480 e. The van der Waals surface area contributed by atoms with Gasteiger partial charge in [-0.15, -0.1) is 0 Å². The fraction of sp³-hybridized carbons (Fsp3) is 0.143. The van der Waals surface area contributed by atoms with Gasteiger partial charge in [0.2, 0.25) is 5.95 Å². The third-order valence-electron chi connectivity index (χ3n) is 1.31. The van der Waals surface area contributed by atoms with E-state index in [0.717, 1.165) is 0 Å². The summed E-state index contributed by atoms with van der Waals surface area (Å²) in [7, 11) is 0. The van der Waals surface area contributed by atoms with Crippen molar-refractivity contribution in [2.45, 2.75) is 0 Å². The third-order valence-corrected chi connectivity index (χ3v) is 1.31. The summed E-state index contributed by atoms with van der Waals surface area (Å²) in [6.07, 6.45) is 1.32. The van der Waals surface area contributed by atoms with Crippen molar-refractivity contribution >= 4 is 17.8 Å². The van der Waals surface area contributed by atoms with Gasteiger partial charge >= 0.3 is 5.97 Å². The van der Waals surface area contributed by atoms with Crippen molar-refractivity contribution in [2.24, 2.45) is 0 Å². The Bertz CT molecular complexity index is 366. The molecule has 0 spiro atoms. The lowest BCUT2D eigenvalue weighted by Crippen LogP contribution is -2.30. The lowest BCUT2D eigenvalue weighted by atomic mass is 10.4. The Hall–Kier alpha value is -2.18. The molecule has 7 nitrogen and oxygen atoms in total. The van der Waals surface area contributed by atoms with Gasteiger partial charge in [-0.25, -0.2) is 9.97 Å². The maximum Gasteiger partial charge on any atom is 0.322 e. The fourth-order valence-corrected chi connectivity index (χ4v) is 0.747. The van der Waals surface area contributed by atoms with E-state index in [1.54, 1.807) is 0 Å². The van der Waals surface area contributed by atoms with Crippen LogP contribution in [0.2, 0.25) is 0 Å². The third kappa shape index (κ3) is 2.70. The molecule has 14 heavy (non-hydrogen) atoms. The van der Waals surface area contributed by atoms with Crippen molar-refractivity contribution in [2.75, 3.05) is 12.3 Å². The van der Waals surface area contributed by atoms with Crippen LogP contribution in [0.25, 0.3) is 0 Å². The molecule has 0 fully saturated rings. The van der Waals surface area contributed by atoms with Crippen LogP contribution in [0, 0.1) is 0 Å². The highest BCUT2D eigenvalue weighted by Gasteiger charge is 2.08. The predicted molar refractivity (Wildman–Crippen MR) is 46.4 cm³/mol. The normalized spacial score (nSPS) is 9.43. The number of anilines is 1. The molecule has 0 aromatic carbocycles. The average Bonchev–Trinajstić information content (AvgIpc) is 2.14. The minimum absolute atomic E-state index is 0.0343. The van der Waals surface area contributed by atoms with E-state index < -0.39 is 18.4 Å². The number of nitrogens with zero attached hydrogens (tertiary/aromatic N) is 2. The van der Waals surface area contributed by atoms with E-state index in [-0.39, 0.29) is 11.6 Å². The lowest BCUT2D eigenvalue weighted by Gasteiger charge is -2.00. The van der Waals surface area contributed by atoms with Crippen LogP contribution in [0.15, 0.2) is 12.3 Å². The highest BCUT2D eigenvalue weighted by molar-refractivity contribution is 5.94. The molecule has 1 aromatic rings. The number of carbonyl (C=O) groups is 2. The van der Waals surface area contributed by atoms with Crippen LogP contribution in [0.1, 0.15) is 10.5 Å². The molecule has 1 aromatic heterocycles. The first-order chi connectivity index (χ1) is 6.59. The van der Waals surface area contributed by atoms with Gasteiger partial charge in [0.15, 0.2) is 0 Å². The van der Waals surface area contributed by atoms with E-state index in [0.29, 0.717) is 0 Å². The highest BCUT2D eigenvalue weighted by Crippen LogP contribution is 1.95. The monoisotopic (exact) mass is 196 g/mol. The van der Waals surface area contributed by atoms with Crippen molar-refractivity contribution in [1.82, 2.24) is 15.3 Å². The fourth-order valence-electron chi connectivity index (χ4n) is 0.747. The molecule has 4 N–H and O–H groups in total. The zero-order valence-corrected chi connectivity index (χ0v) is 7.10. The number of rotatable bonds is 3. The average molecular weight is 196 g/mol. The Labute approximate surface area is 79.0 Å². The Morgan fingerprint density at radius 2 is 2.29 bits per heavy atom. The summed E-state index contributed by atoms with van der Waals surface area (Å²) in [6.45, 7) is -0.456. The van der Waals surface area contributed by atoms with E-state index in [1.807, 2.05) is 0 Å². The lowest BCUT2D eigenvalue weighted by molar-refractivity contribution is -0.135. The molecular weight excluding hydrogens is 188 g/mol. The van der Waals surface area contributed by atoms with Gasteiger partial charge in [0.05, 0.1) is 0 Å². The Morgan fingerprint density at radius 3 is 2.86 bits per heavy atom. The van der Waals surface area contributed by atoms with Crippen LogP contribution in [0.4, 0.5) is 5.95 Å². The second-order valence-electron chi connectivity index (χ2n) is 2.38. The smallest absolute Gasteiger partial charge is 0.322 e. The Morgan fingerprint density at radius 1 is 1.57 bits per heavy atom. The summed E-state index contributed by atoms with van der Waals surface area (Å²) in [5.41, 5.74) is 5.27. The van der Waals surface area contributed by atoms with Crippen LogP contribution < -0.4 is 11.1 Å². The molecule has 7 heteroatoms. The van der Waals surface area contributed by atoms with Crippen LogP contribution in [0.3, 0.4) is 0 Å². The van der Waals surface area contributed by atoms with Crippen molar-refractivity contribution < 1.29 is 14.7 Å². The number of aliphatic carboxylic acids is 1. The first kappa shape index (κ1) is 9.90. The largest absolute Gasteiger partial charge is 0.480 e. The molecule has 0 aliphatic rings. The van der Waals surface area contributed by atoms with Gasteiger partial charge in [-0.1, -0.05) is 0 Å². The number of nitrogens with two attached hydrogens (primary N) is 1. The molecule has 74 valence electrons. The molecule has 0 aliphatic heterocycles. The number of carboxylic acid groups (broad SMARTS) is 1. The van der Waals surface area contributed by atoms with Crippen molar-refractivity contribution in [3.63, 3.8) is 0 Å². The summed E-state index contributed by atoms with van der Waals surface area (Å²) in [5, 5.41) is 10.4. The van der Waals surface area contributed by atoms with E-state index in [2.05, 4.69) is 15.3 Å². The quantitative estimate of drug-likeness (QED) is 0.563. The van der Waals surface area contributed by atoms with Gasteiger partial charge in [-0.2, -0.15) is 0 Å². The first-order valence-corrected chi connectivity index (χ1v) is 3.68. The van der Waals surface area contributed by atoms with Gasteiger partial charge in [0, 0.05) is 6.20 Å². The molecule has 0 unspecified atom stereocenters. The highest BCUT2D eigenvalue weighted by atomic mass is 16.4. The van der Waals surface area contributed by atoms with Crippen LogP contribution in [0.5, 0.6) is 0 Å². The zero-order chi connectivity index (χ0) is 10.6. The van der Waals surface area contributed by atoms with Crippen molar-refractivity contribution in [1.29, 1.82) is 0 Å². The topological polar surface area (TPSA) is 118 Å². The number of hydrogen-bond donors (Lipinski definition) is 3. The van der Waals surface area contributed by atoms with Gasteiger partial charge in [-0.3, -0.25) is 9.59 Å². The molecule has 1 heterocycles. The summed E-state index contributed by atoms with van der Waals surface area (Å²) < 4.78 is 0. The number of amides is 1. The van der Waals surface area contributed by atoms with Gasteiger partial charge in [-0.05, 0) is 6.07 Å². The van der Waals surface area contributed by atoms with Crippen molar-refractivity contribution in [3.05, 3.63) is 18.0 Å². The number of hydrogen-bond acceptors (Lipinski definition) is 5. The van der Waals surface area contributed by atoms with E-state index in [9.17, 15) is 9.59 Å². The van der Waals surface area contributed by atoms with Gasteiger partial charge < -0.3 is 16.2 Å². The van der Waals surface area contributed by atoms with Gasteiger partial charge in [0.1, 0.15) is 12.2 Å². The zero-order valence-electron chi connectivity index (χ0n) is 7.10. The molecular formula is C7H8N4O3. The maximum atomic E-state index is 11.2. The molecule has 1 amide bonds. The predicted octanol–water partition coefficient (Wildman–Crippen LogP) is -1.13. The SMILES string of the molecule is Nc1nccc(C(=O)NCC(=O)O)n1. The van der Waals surface area contributed by atoms with Crippen LogP contribution in [-0.4, -0.2) is 33.5 Å². The molecule has 0 atom stereocenters. The number of nitrogens with one attached hydrogen (secondary N) is 1. The van der Waals surface area contributed by atoms with Crippen LogP contribution >= 0.6 is 0 Å². The number of aromatic nitrogens is 2. The van der Waals surface area contributed by atoms with E-state index >= 15 is 0 Å². The summed E-state index contributed by atoms with van der Waals surface area (Å²) in [5.74, 6) is -1.75. The Balaban J connectivity index is 2.65. The van der Waals surface area contributed by atoms with Crippen molar-refractivity contribution in [3.8, 4) is 0 Å². The molecule has 0 aliphatic carbocycles. The molecule has 0 bridgehead atoms. The summed E-state index contributed by atoms with van der Waals surface area (Å²) in [6, 6.07) is 1.34. The second kappa shape index (κ2) is 4.17. The Kier molecular flexibility index (Phi) is 2.95. The maximum absolute atomic E-state index is 11.2. The summed E-state index contributed by atoms with van der Waals surface area (Å²) >= 11 is 0. The molecule has 1 rings (SSSR count). The second-order valence-corrected chi connectivity index (χ2v) is 2.38. The molecule has 0 saturated carbocycles. The number of carboxylic acids is 1. The first-order valence-electron chi connectivity index (χ1n) is 3.68. The minimum atomic E-state index is -1.12. The number of carbonyl (C=O) groups excluding carboxylic acids is 1. The van der Waals surface area contributed by atoms with E-state index in [4.69, 9.17) is 10.8 Å². The van der Waals surface area contributed by atoms with E-state index in [1.165, 1.54) is 12.3 Å². The standard InChI is InChI=1S/C7H8N4O3/c8-7-9-2-1-4(11-7)6(14)10-3-5(12)13/h1-2H,3H2,(H,10,14)(H,12,13)(H2,8,9,11). The molecule has 0 radical (unpaired) electrons.